The molecule has 1 heterocycles. The average molecular weight is 379 g/mol. The van der Waals surface area contributed by atoms with Crippen molar-refractivity contribution in [1.29, 1.82) is 0 Å². The summed E-state index contributed by atoms with van der Waals surface area (Å²) in [5, 5.41) is 13.6. The zero-order chi connectivity index (χ0) is 19.9. The molecule has 1 fully saturated rings. The first kappa shape index (κ1) is 19.3. The number of anilines is 1. The summed E-state index contributed by atoms with van der Waals surface area (Å²) >= 11 is 0. The van der Waals surface area contributed by atoms with Crippen LogP contribution in [0.1, 0.15) is 35.2 Å². The monoisotopic (exact) mass is 379 g/mol. The quantitative estimate of drug-likeness (QED) is 0.485. The third-order valence-corrected chi connectivity index (χ3v) is 4.57. The van der Waals surface area contributed by atoms with Crippen molar-refractivity contribution >= 4 is 29.3 Å². The number of rotatable bonds is 5. The average Bonchev–Trinajstić information content (AvgIpc) is 2.73. The Balaban J connectivity index is 1.71. The van der Waals surface area contributed by atoms with E-state index in [9.17, 15) is 19.7 Å². The summed E-state index contributed by atoms with van der Waals surface area (Å²) < 4.78 is 0. The first-order valence-corrected chi connectivity index (χ1v) is 9.16. The van der Waals surface area contributed by atoms with Gasteiger partial charge in [-0.15, -0.1) is 0 Å². The van der Waals surface area contributed by atoms with Gasteiger partial charge in [0.2, 0.25) is 5.91 Å². The molecule has 0 unspecified atom stereocenters. The fourth-order valence-corrected chi connectivity index (χ4v) is 3.13. The van der Waals surface area contributed by atoms with E-state index in [0.717, 1.165) is 32.4 Å². The lowest BCUT2D eigenvalue weighted by Crippen LogP contribution is -2.36. The molecule has 0 saturated carbocycles. The Kier molecular flexibility index (Phi) is 6.16. The summed E-state index contributed by atoms with van der Waals surface area (Å²) in [6, 6.07) is 12.9. The number of nitrogens with zero attached hydrogens (tertiary/aromatic N) is 2. The van der Waals surface area contributed by atoms with E-state index in [1.54, 1.807) is 36.4 Å². The van der Waals surface area contributed by atoms with Crippen molar-refractivity contribution in [3.05, 3.63) is 75.8 Å². The van der Waals surface area contributed by atoms with Crippen LogP contribution < -0.4 is 5.32 Å². The number of hydrogen-bond donors (Lipinski definition) is 1. The van der Waals surface area contributed by atoms with Crippen LogP contribution in [0.5, 0.6) is 0 Å². The second-order valence-corrected chi connectivity index (χ2v) is 6.57. The molecule has 7 nitrogen and oxygen atoms in total. The number of hydrogen-bond acceptors (Lipinski definition) is 4. The van der Waals surface area contributed by atoms with Gasteiger partial charge in [-0.3, -0.25) is 19.7 Å². The van der Waals surface area contributed by atoms with Gasteiger partial charge in [-0.1, -0.05) is 24.3 Å². The van der Waals surface area contributed by atoms with Crippen LogP contribution in [0.4, 0.5) is 11.4 Å². The van der Waals surface area contributed by atoms with Gasteiger partial charge in [-0.2, -0.15) is 0 Å². The van der Waals surface area contributed by atoms with Crippen LogP contribution in [0.2, 0.25) is 0 Å². The van der Waals surface area contributed by atoms with Gasteiger partial charge in [0.1, 0.15) is 0 Å². The second kappa shape index (κ2) is 8.94. The van der Waals surface area contributed by atoms with Crippen LogP contribution in [0, 0.1) is 10.1 Å². The summed E-state index contributed by atoms with van der Waals surface area (Å²) in [6.45, 7) is 1.46. The Labute approximate surface area is 162 Å². The Bertz CT molecular complexity index is 917. The van der Waals surface area contributed by atoms with Crippen molar-refractivity contribution in [2.45, 2.75) is 19.3 Å². The Hall–Kier alpha value is -3.48. The number of carbonyl (C=O) groups is 2. The molecule has 2 aromatic carbocycles. The van der Waals surface area contributed by atoms with E-state index in [0.29, 0.717) is 16.8 Å². The molecule has 0 spiro atoms. The van der Waals surface area contributed by atoms with Crippen LogP contribution in [-0.2, 0) is 4.79 Å². The van der Waals surface area contributed by atoms with Crippen molar-refractivity contribution in [2.24, 2.45) is 0 Å². The highest BCUT2D eigenvalue weighted by atomic mass is 16.6. The van der Waals surface area contributed by atoms with Gasteiger partial charge in [0, 0.05) is 31.3 Å². The molecule has 1 saturated heterocycles. The van der Waals surface area contributed by atoms with Gasteiger partial charge in [-0.25, -0.2) is 0 Å². The van der Waals surface area contributed by atoms with Crippen LogP contribution in [0.25, 0.3) is 6.08 Å². The van der Waals surface area contributed by atoms with E-state index in [-0.39, 0.29) is 11.6 Å². The number of benzene rings is 2. The highest BCUT2D eigenvalue weighted by molar-refractivity contribution is 6.07. The predicted octanol–water partition coefficient (Wildman–Crippen LogP) is 3.87. The molecule has 1 aliphatic heterocycles. The lowest BCUT2D eigenvalue weighted by Gasteiger charge is -2.27. The molecule has 144 valence electrons. The summed E-state index contributed by atoms with van der Waals surface area (Å²) in [5.41, 5.74) is 1.41. The number of nitro groups is 1. The molecular formula is C21H21N3O4. The number of para-hydroxylation sites is 1. The molecule has 2 aromatic rings. The minimum absolute atomic E-state index is 0.0416. The van der Waals surface area contributed by atoms with E-state index < -0.39 is 10.8 Å². The number of nitrogens with one attached hydrogen (secondary N) is 1. The number of nitro benzene ring substituents is 1. The minimum atomic E-state index is -0.486. The van der Waals surface area contributed by atoms with Crippen molar-refractivity contribution in [3.8, 4) is 0 Å². The second-order valence-electron chi connectivity index (χ2n) is 6.57. The maximum Gasteiger partial charge on any atom is 0.270 e. The highest BCUT2D eigenvalue weighted by Crippen LogP contribution is 2.20. The largest absolute Gasteiger partial charge is 0.339 e. The third kappa shape index (κ3) is 4.82. The van der Waals surface area contributed by atoms with E-state index in [1.165, 1.54) is 24.3 Å². The summed E-state index contributed by atoms with van der Waals surface area (Å²) in [5.74, 6) is -0.497. The fraction of sp³-hybridized carbons (Fsp3) is 0.238. The van der Waals surface area contributed by atoms with Gasteiger partial charge in [0.05, 0.1) is 16.2 Å². The van der Waals surface area contributed by atoms with E-state index in [1.807, 2.05) is 4.90 Å². The number of carbonyl (C=O) groups excluding carboxylic acids is 2. The molecule has 2 amide bonds. The van der Waals surface area contributed by atoms with Crippen LogP contribution in [0.15, 0.2) is 54.6 Å². The zero-order valence-corrected chi connectivity index (χ0v) is 15.3. The summed E-state index contributed by atoms with van der Waals surface area (Å²) in [4.78, 5) is 37.2. The Morgan fingerprint density at radius 1 is 1.04 bits per heavy atom. The van der Waals surface area contributed by atoms with Crippen molar-refractivity contribution in [2.75, 3.05) is 18.4 Å². The zero-order valence-electron chi connectivity index (χ0n) is 15.3. The third-order valence-electron chi connectivity index (χ3n) is 4.57. The van der Waals surface area contributed by atoms with Gasteiger partial charge in [0.25, 0.3) is 11.6 Å². The highest BCUT2D eigenvalue weighted by Gasteiger charge is 2.20. The maximum atomic E-state index is 12.8. The van der Waals surface area contributed by atoms with Crippen molar-refractivity contribution in [1.82, 2.24) is 4.90 Å². The molecule has 0 aliphatic carbocycles. The molecule has 3 rings (SSSR count). The molecule has 1 aliphatic rings. The van der Waals surface area contributed by atoms with Crippen molar-refractivity contribution < 1.29 is 14.5 Å². The lowest BCUT2D eigenvalue weighted by atomic mass is 10.1. The van der Waals surface area contributed by atoms with Gasteiger partial charge in [-0.05, 0) is 43.0 Å². The van der Waals surface area contributed by atoms with E-state index in [4.69, 9.17) is 0 Å². The van der Waals surface area contributed by atoms with Gasteiger partial charge >= 0.3 is 0 Å². The molecule has 0 aromatic heterocycles. The molecule has 0 atom stereocenters. The van der Waals surface area contributed by atoms with Crippen molar-refractivity contribution in [3.63, 3.8) is 0 Å². The standard InChI is InChI=1S/C21H21N3O4/c25-20(12-11-16-7-6-8-17(15-16)24(27)28)22-19-10-3-2-9-18(19)21(26)23-13-4-1-5-14-23/h2-3,6-12,15H,1,4-5,13-14H2,(H,22,25)/b12-11+. The molecular weight excluding hydrogens is 358 g/mol. The summed E-state index contributed by atoms with van der Waals surface area (Å²) in [6.07, 6.45) is 5.90. The van der Waals surface area contributed by atoms with Crippen LogP contribution in [-0.4, -0.2) is 34.7 Å². The molecule has 0 bridgehead atoms. The Morgan fingerprint density at radius 3 is 2.54 bits per heavy atom. The molecule has 7 heteroatoms. The van der Waals surface area contributed by atoms with E-state index in [2.05, 4.69) is 5.32 Å². The first-order valence-electron chi connectivity index (χ1n) is 9.16. The maximum absolute atomic E-state index is 12.8. The SMILES string of the molecule is O=C(/C=C/c1cccc([N+](=O)[O-])c1)Nc1ccccc1C(=O)N1CCCCC1. The molecule has 28 heavy (non-hydrogen) atoms. The van der Waals surface area contributed by atoms with Gasteiger partial charge in [0.15, 0.2) is 0 Å². The summed E-state index contributed by atoms with van der Waals surface area (Å²) in [7, 11) is 0. The number of non-ortho nitro benzene ring substituents is 1. The number of amides is 2. The number of likely N-dealkylation sites (tertiary alicyclic amines) is 1. The normalized spacial score (nSPS) is 14.1. The topological polar surface area (TPSA) is 92.5 Å². The van der Waals surface area contributed by atoms with Crippen LogP contribution in [0.3, 0.4) is 0 Å². The minimum Gasteiger partial charge on any atom is -0.339 e. The van der Waals surface area contributed by atoms with Gasteiger partial charge < -0.3 is 10.2 Å². The molecule has 0 radical (unpaired) electrons. The Morgan fingerprint density at radius 2 is 1.79 bits per heavy atom. The van der Waals surface area contributed by atoms with Crippen LogP contribution >= 0.6 is 0 Å². The smallest absolute Gasteiger partial charge is 0.270 e. The number of piperidine rings is 1. The van der Waals surface area contributed by atoms with E-state index >= 15 is 0 Å². The molecule has 1 N–H and O–H groups in total. The predicted molar refractivity (Wildman–Crippen MR) is 107 cm³/mol. The lowest BCUT2D eigenvalue weighted by molar-refractivity contribution is -0.384. The first-order chi connectivity index (χ1) is 13.5. The fourth-order valence-electron chi connectivity index (χ4n) is 3.13.